The maximum atomic E-state index is 13.9. The summed E-state index contributed by atoms with van der Waals surface area (Å²) in [6, 6.07) is 4.60. The molecule has 4 atom stereocenters. The Morgan fingerprint density at radius 3 is 2.50 bits per heavy atom. The van der Waals surface area contributed by atoms with Gasteiger partial charge in [0.2, 0.25) is 0 Å². The minimum Gasteiger partial charge on any atom is -0.394 e. The fraction of sp³-hybridized carbons (Fsp3) is 0.273. The smallest absolute Gasteiger partial charge is 0.194 e. The van der Waals surface area contributed by atoms with E-state index in [9.17, 15) is 27.8 Å². The molecule has 5 rings (SSSR count). The van der Waals surface area contributed by atoms with Crippen molar-refractivity contribution in [2.24, 2.45) is 0 Å². The Hall–Kier alpha value is -3.39. The van der Waals surface area contributed by atoms with Crippen LogP contribution in [-0.2, 0) is 4.74 Å². The quantitative estimate of drug-likeness (QED) is 0.305. The molecule has 14 heteroatoms. The van der Waals surface area contributed by atoms with Crippen LogP contribution in [-0.4, -0.2) is 58.8 Å². The van der Waals surface area contributed by atoms with Gasteiger partial charge in [0.15, 0.2) is 23.3 Å². The van der Waals surface area contributed by atoms with Gasteiger partial charge in [0.1, 0.15) is 36.2 Å². The van der Waals surface area contributed by atoms with E-state index in [1.807, 2.05) is 0 Å². The first-order valence-corrected chi connectivity index (χ1v) is 11.0. The molecule has 1 aliphatic rings. The third-order valence-corrected chi connectivity index (χ3v) is 6.09. The highest BCUT2D eigenvalue weighted by atomic mass is 35.5. The first-order chi connectivity index (χ1) is 17.2. The third kappa shape index (κ3) is 4.46. The van der Waals surface area contributed by atoms with Crippen LogP contribution in [0.1, 0.15) is 24.4 Å². The lowest BCUT2D eigenvalue weighted by Crippen LogP contribution is -2.45. The summed E-state index contributed by atoms with van der Waals surface area (Å²) in [5.74, 6) is -4.71. The molecule has 0 bridgehead atoms. The number of hydrogen-bond donors (Lipinski definition) is 2. The van der Waals surface area contributed by atoms with E-state index < -0.39 is 54.2 Å². The highest BCUT2D eigenvalue weighted by Gasteiger charge is 2.41. The largest absolute Gasteiger partial charge is 0.394 e. The zero-order valence-electron chi connectivity index (χ0n) is 18.1. The van der Waals surface area contributed by atoms with Gasteiger partial charge in [0.25, 0.3) is 0 Å². The SMILES string of the molecule is OCC1OC(c2nncn2-c2cc(F)cc(Cl)c2)CC(n2cc(-c3cc(F)c(F)c(F)c3)nn2)C1O. The molecule has 9 nitrogen and oxygen atoms in total. The van der Waals surface area contributed by atoms with E-state index in [0.29, 0.717) is 5.69 Å². The molecule has 3 heterocycles. The molecule has 0 aliphatic carbocycles. The normalized spacial score (nSPS) is 22.2. The van der Waals surface area contributed by atoms with Crippen LogP contribution in [0.3, 0.4) is 0 Å². The molecule has 0 spiro atoms. The summed E-state index contributed by atoms with van der Waals surface area (Å²) >= 11 is 5.98. The Kier molecular flexibility index (Phi) is 6.47. The second-order valence-electron chi connectivity index (χ2n) is 8.16. The standard InChI is InChI=1S/C22H17ClF4N6O3/c23-11-3-12(24)5-13(4-11)32-9-28-30-22(32)18-6-17(21(35)19(8-34)36-18)33-7-16(29-31-33)10-1-14(25)20(27)15(26)2-10/h1-5,7,9,17-19,21,34-35H,6,8H2. The first-order valence-electron chi connectivity index (χ1n) is 10.6. The lowest BCUT2D eigenvalue weighted by atomic mass is 9.95. The third-order valence-electron chi connectivity index (χ3n) is 5.87. The van der Waals surface area contributed by atoms with Gasteiger partial charge in [-0.15, -0.1) is 15.3 Å². The van der Waals surface area contributed by atoms with Crippen molar-refractivity contribution < 1.29 is 32.5 Å². The van der Waals surface area contributed by atoms with E-state index in [2.05, 4.69) is 20.5 Å². The predicted octanol–water partition coefficient (Wildman–Crippen LogP) is 3.16. The molecule has 2 aromatic heterocycles. The number of aliphatic hydroxyl groups excluding tert-OH is 2. The molecule has 188 valence electrons. The Morgan fingerprint density at radius 2 is 1.81 bits per heavy atom. The number of aliphatic hydroxyl groups is 2. The summed E-state index contributed by atoms with van der Waals surface area (Å²) in [5.41, 5.74) is 0.300. The van der Waals surface area contributed by atoms with Crippen LogP contribution >= 0.6 is 11.6 Å². The van der Waals surface area contributed by atoms with Crippen LogP contribution in [0.2, 0.25) is 5.02 Å². The number of aromatic nitrogens is 6. The Bertz CT molecular complexity index is 1370. The van der Waals surface area contributed by atoms with Crippen molar-refractivity contribution >= 4 is 11.6 Å². The molecule has 1 saturated heterocycles. The second-order valence-corrected chi connectivity index (χ2v) is 8.60. The van der Waals surface area contributed by atoms with Crippen molar-refractivity contribution in [3.8, 4) is 16.9 Å². The Morgan fingerprint density at radius 1 is 1.06 bits per heavy atom. The highest BCUT2D eigenvalue weighted by molar-refractivity contribution is 6.30. The van der Waals surface area contributed by atoms with Gasteiger partial charge >= 0.3 is 0 Å². The molecular weight excluding hydrogens is 508 g/mol. The number of ether oxygens (including phenoxy) is 1. The highest BCUT2D eigenvalue weighted by Crippen LogP contribution is 2.38. The number of rotatable bonds is 5. The lowest BCUT2D eigenvalue weighted by Gasteiger charge is -2.38. The molecule has 4 aromatic rings. The molecule has 0 amide bonds. The monoisotopic (exact) mass is 524 g/mol. The second kappa shape index (κ2) is 9.58. The molecule has 1 aliphatic heterocycles. The van der Waals surface area contributed by atoms with E-state index in [0.717, 1.165) is 18.2 Å². The molecule has 2 aromatic carbocycles. The van der Waals surface area contributed by atoms with Crippen molar-refractivity contribution in [1.29, 1.82) is 0 Å². The van der Waals surface area contributed by atoms with E-state index in [4.69, 9.17) is 16.3 Å². The Labute approximate surface area is 205 Å². The minimum absolute atomic E-state index is 0.0289. The van der Waals surface area contributed by atoms with Gasteiger partial charge in [-0.2, -0.15) is 0 Å². The molecule has 1 fully saturated rings. The van der Waals surface area contributed by atoms with Crippen molar-refractivity contribution in [3.05, 3.63) is 77.0 Å². The number of benzene rings is 2. The van der Waals surface area contributed by atoms with Gasteiger partial charge in [0.05, 0.1) is 24.5 Å². The van der Waals surface area contributed by atoms with Crippen molar-refractivity contribution in [1.82, 2.24) is 29.8 Å². The molecular formula is C22H17ClF4N6O3. The van der Waals surface area contributed by atoms with Crippen LogP contribution in [0.5, 0.6) is 0 Å². The van der Waals surface area contributed by atoms with E-state index in [1.165, 1.54) is 33.9 Å². The van der Waals surface area contributed by atoms with Crippen molar-refractivity contribution in [2.45, 2.75) is 30.8 Å². The number of hydrogen-bond acceptors (Lipinski definition) is 7. The maximum absolute atomic E-state index is 13.9. The van der Waals surface area contributed by atoms with Crippen LogP contribution in [0.4, 0.5) is 17.6 Å². The van der Waals surface area contributed by atoms with Crippen LogP contribution in [0.25, 0.3) is 16.9 Å². The van der Waals surface area contributed by atoms with Gasteiger partial charge in [-0.05, 0) is 30.3 Å². The summed E-state index contributed by atoms with van der Waals surface area (Å²) in [6.45, 7) is -0.552. The fourth-order valence-corrected chi connectivity index (χ4v) is 4.37. The predicted molar refractivity (Wildman–Crippen MR) is 116 cm³/mol. The summed E-state index contributed by atoms with van der Waals surface area (Å²) in [4.78, 5) is 0. The van der Waals surface area contributed by atoms with Crippen LogP contribution in [0, 0.1) is 23.3 Å². The molecule has 0 saturated carbocycles. The average Bonchev–Trinajstić information content (AvgIpc) is 3.52. The molecule has 2 N–H and O–H groups in total. The summed E-state index contributed by atoms with van der Waals surface area (Å²) in [5, 5.41) is 36.6. The zero-order valence-corrected chi connectivity index (χ0v) is 18.9. The van der Waals surface area contributed by atoms with E-state index in [1.54, 1.807) is 0 Å². The summed E-state index contributed by atoms with van der Waals surface area (Å²) in [6.07, 6.45) is -0.426. The minimum atomic E-state index is -1.61. The molecule has 4 unspecified atom stereocenters. The zero-order chi connectivity index (χ0) is 25.6. The topological polar surface area (TPSA) is 111 Å². The van der Waals surface area contributed by atoms with Crippen molar-refractivity contribution in [2.75, 3.05) is 6.61 Å². The number of halogens is 5. The fourth-order valence-electron chi connectivity index (χ4n) is 4.15. The van der Waals surface area contributed by atoms with Crippen molar-refractivity contribution in [3.63, 3.8) is 0 Å². The maximum Gasteiger partial charge on any atom is 0.194 e. The average molecular weight is 525 g/mol. The van der Waals surface area contributed by atoms with Crippen LogP contribution < -0.4 is 0 Å². The summed E-state index contributed by atoms with van der Waals surface area (Å²) in [7, 11) is 0. The van der Waals surface area contributed by atoms with Gasteiger partial charge in [-0.3, -0.25) is 4.57 Å². The van der Waals surface area contributed by atoms with Gasteiger partial charge in [-0.25, -0.2) is 22.2 Å². The van der Waals surface area contributed by atoms with Gasteiger partial charge in [-0.1, -0.05) is 16.8 Å². The molecule has 36 heavy (non-hydrogen) atoms. The lowest BCUT2D eigenvalue weighted by molar-refractivity contribution is -0.161. The number of nitrogens with zero attached hydrogens (tertiary/aromatic N) is 6. The first kappa shape index (κ1) is 24.3. The van der Waals surface area contributed by atoms with Gasteiger partial charge in [0, 0.05) is 17.0 Å². The van der Waals surface area contributed by atoms with Crippen LogP contribution in [0.15, 0.2) is 42.9 Å². The van der Waals surface area contributed by atoms with E-state index in [-0.39, 0.29) is 28.5 Å². The van der Waals surface area contributed by atoms with Gasteiger partial charge < -0.3 is 14.9 Å². The van der Waals surface area contributed by atoms with E-state index >= 15 is 0 Å². The Balaban J connectivity index is 1.48. The molecule has 0 radical (unpaired) electrons. The summed E-state index contributed by atoms with van der Waals surface area (Å²) < 4.78 is 63.2.